The number of carbonyl (C=O) groups excluding carboxylic acids is 1. The van der Waals surface area contributed by atoms with Crippen LogP contribution in [0.3, 0.4) is 0 Å². The van der Waals surface area contributed by atoms with E-state index in [2.05, 4.69) is 31.5 Å². The van der Waals surface area contributed by atoms with E-state index in [-0.39, 0.29) is 11.5 Å². The zero-order chi connectivity index (χ0) is 12.0. The Balaban J connectivity index is 2.53. The second-order valence-corrected chi connectivity index (χ2v) is 4.13. The van der Waals surface area contributed by atoms with Crippen molar-refractivity contribution < 1.29 is 4.79 Å². The van der Waals surface area contributed by atoms with Gasteiger partial charge in [0.2, 0.25) is 0 Å². The normalized spacial score (nSPS) is 10.1. The number of amides is 1. The van der Waals surface area contributed by atoms with Gasteiger partial charge in [-0.1, -0.05) is 0 Å². The van der Waals surface area contributed by atoms with Crippen molar-refractivity contribution in [3.05, 3.63) is 32.7 Å². The fourth-order valence-electron chi connectivity index (χ4n) is 1.16. The third-order valence-electron chi connectivity index (χ3n) is 2.01. The van der Waals surface area contributed by atoms with Gasteiger partial charge in [0, 0.05) is 12.7 Å². The van der Waals surface area contributed by atoms with E-state index in [0.717, 1.165) is 13.0 Å². The van der Waals surface area contributed by atoms with Gasteiger partial charge in [-0.15, -0.1) is 0 Å². The van der Waals surface area contributed by atoms with Crippen LogP contribution in [0.1, 0.15) is 16.8 Å². The smallest absolute Gasteiger partial charge is 0.262 e. The van der Waals surface area contributed by atoms with E-state index in [1.165, 1.54) is 12.3 Å². The van der Waals surface area contributed by atoms with Crippen LogP contribution in [-0.2, 0) is 0 Å². The molecule has 16 heavy (non-hydrogen) atoms. The van der Waals surface area contributed by atoms with Gasteiger partial charge in [0.1, 0.15) is 0 Å². The molecule has 1 heterocycles. The summed E-state index contributed by atoms with van der Waals surface area (Å²) >= 11 is 3.07. The van der Waals surface area contributed by atoms with Crippen LogP contribution in [0, 0.1) is 0 Å². The van der Waals surface area contributed by atoms with E-state index < -0.39 is 0 Å². The summed E-state index contributed by atoms with van der Waals surface area (Å²) in [5, 5.41) is 5.75. The standard InChI is InChI=1S/C10H14BrN3O2/c1-12-3-2-4-13-9(15)7-5-8(11)10(16)14-6-7/h5-6,12H,2-4H2,1H3,(H,13,15)(H,14,16). The lowest BCUT2D eigenvalue weighted by Gasteiger charge is -2.04. The van der Waals surface area contributed by atoms with Crippen molar-refractivity contribution >= 4 is 21.8 Å². The number of H-pyrrole nitrogens is 1. The molecule has 0 atom stereocenters. The van der Waals surface area contributed by atoms with Crippen LogP contribution >= 0.6 is 15.9 Å². The molecule has 0 saturated heterocycles. The molecule has 88 valence electrons. The molecule has 5 nitrogen and oxygen atoms in total. The number of aromatic amines is 1. The summed E-state index contributed by atoms with van der Waals surface area (Å²) in [6.45, 7) is 1.46. The molecule has 0 aliphatic heterocycles. The van der Waals surface area contributed by atoms with Crippen molar-refractivity contribution in [2.75, 3.05) is 20.1 Å². The van der Waals surface area contributed by atoms with Gasteiger partial charge in [0.05, 0.1) is 10.0 Å². The number of nitrogens with one attached hydrogen (secondary N) is 3. The van der Waals surface area contributed by atoms with Gasteiger partial charge in [-0.25, -0.2) is 0 Å². The van der Waals surface area contributed by atoms with Crippen LogP contribution in [0.2, 0.25) is 0 Å². The molecular formula is C10H14BrN3O2. The number of hydrogen-bond donors (Lipinski definition) is 3. The van der Waals surface area contributed by atoms with Gasteiger partial charge in [-0.3, -0.25) is 9.59 Å². The highest BCUT2D eigenvalue weighted by Gasteiger charge is 2.06. The first-order valence-corrected chi connectivity index (χ1v) is 5.75. The molecular weight excluding hydrogens is 274 g/mol. The van der Waals surface area contributed by atoms with Crippen LogP contribution in [0.4, 0.5) is 0 Å². The minimum atomic E-state index is -0.244. The molecule has 0 fully saturated rings. The average molecular weight is 288 g/mol. The lowest BCUT2D eigenvalue weighted by Crippen LogP contribution is -2.27. The molecule has 1 amide bonds. The summed E-state index contributed by atoms with van der Waals surface area (Å²) in [6.07, 6.45) is 2.27. The van der Waals surface area contributed by atoms with Gasteiger partial charge in [-0.2, -0.15) is 0 Å². The third-order valence-corrected chi connectivity index (χ3v) is 2.60. The molecule has 0 aromatic carbocycles. The number of rotatable bonds is 5. The van der Waals surface area contributed by atoms with E-state index in [1.807, 2.05) is 7.05 Å². The van der Waals surface area contributed by atoms with E-state index >= 15 is 0 Å². The molecule has 0 bridgehead atoms. The number of aromatic nitrogens is 1. The maximum atomic E-state index is 11.6. The van der Waals surface area contributed by atoms with Crippen LogP contribution < -0.4 is 16.2 Å². The van der Waals surface area contributed by atoms with Crippen LogP contribution in [0.5, 0.6) is 0 Å². The fraction of sp³-hybridized carbons (Fsp3) is 0.400. The van der Waals surface area contributed by atoms with Crippen molar-refractivity contribution in [1.82, 2.24) is 15.6 Å². The van der Waals surface area contributed by atoms with Crippen LogP contribution in [-0.4, -0.2) is 31.0 Å². The molecule has 1 rings (SSSR count). The zero-order valence-corrected chi connectivity index (χ0v) is 10.6. The second kappa shape index (κ2) is 6.44. The first-order chi connectivity index (χ1) is 7.65. The average Bonchev–Trinajstić information content (AvgIpc) is 2.28. The molecule has 0 spiro atoms. The Morgan fingerprint density at radius 1 is 1.50 bits per heavy atom. The van der Waals surface area contributed by atoms with Crippen molar-refractivity contribution in [2.45, 2.75) is 6.42 Å². The van der Waals surface area contributed by atoms with Gasteiger partial charge >= 0.3 is 0 Å². The van der Waals surface area contributed by atoms with Gasteiger partial charge in [0.25, 0.3) is 11.5 Å². The molecule has 0 aliphatic rings. The minimum absolute atomic E-state index is 0.187. The maximum absolute atomic E-state index is 11.6. The number of hydrogen-bond acceptors (Lipinski definition) is 3. The Kier molecular flexibility index (Phi) is 5.21. The van der Waals surface area contributed by atoms with Gasteiger partial charge in [0.15, 0.2) is 0 Å². The van der Waals surface area contributed by atoms with Crippen molar-refractivity contribution in [2.24, 2.45) is 0 Å². The molecule has 1 aromatic heterocycles. The SMILES string of the molecule is CNCCCNC(=O)c1c[nH]c(=O)c(Br)c1. The second-order valence-electron chi connectivity index (χ2n) is 3.28. The predicted molar refractivity (Wildman–Crippen MR) is 65.6 cm³/mol. The third kappa shape index (κ3) is 3.79. The first kappa shape index (κ1) is 12.9. The van der Waals surface area contributed by atoms with Crippen LogP contribution in [0.15, 0.2) is 21.5 Å². The topological polar surface area (TPSA) is 74.0 Å². The summed E-state index contributed by atoms with van der Waals surface area (Å²) in [7, 11) is 1.86. The quantitative estimate of drug-likeness (QED) is 0.690. The summed E-state index contributed by atoms with van der Waals surface area (Å²) in [5.74, 6) is -0.187. The molecule has 6 heteroatoms. The highest BCUT2D eigenvalue weighted by Crippen LogP contribution is 2.04. The van der Waals surface area contributed by atoms with E-state index in [9.17, 15) is 9.59 Å². The zero-order valence-electron chi connectivity index (χ0n) is 8.97. The Morgan fingerprint density at radius 2 is 2.25 bits per heavy atom. The predicted octanol–water partition coefficient (Wildman–Crippen LogP) is 0.477. The fourth-order valence-corrected chi connectivity index (χ4v) is 1.52. The summed E-state index contributed by atoms with van der Waals surface area (Å²) < 4.78 is 0.357. The summed E-state index contributed by atoms with van der Waals surface area (Å²) in [5.41, 5.74) is 0.197. The Hall–Kier alpha value is -1.14. The largest absolute Gasteiger partial charge is 0.352 e. The highest BCUT2D eigenvalue weighted by molar-refractivity contribution is 9.10. The van der Waals surface area contributed by atoms with E-state index in [0.29, 0.717) is 16.6 Å². The molecule has 0 saturated carbocycles. The Labute approximate surface area is 102 Å². The summed E-state index contributed by atoms with van der Waals surface area (Å²) in [4.78, 5) is 25.1. The van der Waals surface area contributed by atoms with E-state index in [1.54, 1.807) is 0 Å². The molecule has 1 aromatic rings. The lowest BCUT2D eigenvalue weighted by molar-refractivity contribution is 0.0953. The van der Waals surface area contributed by atoms with Crippen LogP contribution in [0.25, 0.3) is 0 Å². The van der Waals surface area contributed by atoms with Crippen molar-refractivity contribution in [3.63, 3.8) is 0 Å². The number of carbonyl (C=O) groups is 1. The number of pyridine rings is 1. The molecule has 0 aliphatic carbocycles. The monoisotopic (exact) mass is 287 g/mol. The Morgan fingerprint density at radius 3 is 2.88 bits per heavy atom. The molecule has 3 N–H and O–H groups in total. The molecule has 0 radical (unpaired) electrons. The van der Waals surface area contributed by atoms with Crippen molar-refractivity contribution in [1.29, 1.82) is 0 Å². The van der Waals surface area contributed by atoms with Gasteiger partial charge in [-0.05, 0) is 42.0 Å². The van der Waals surface area contributed by atoms with Crippen molar-refractivity contribution in [3.8, 4) is 0 Å². The van der Waals surface area contributed by atoms with E-state index in [4.69, 9.17) is 0 Å². The molecule has 0 unspecified atom stereocenters. The Bertz CT molecular complexity index is 417. The lowest BCUT2D eigenvalue weighted by atomic mass is 10.2. The summed E-state index contributed by atoms with van der Waals surface area (Å²) in [6, 6.07) is 1.51. The number of halogens is 1. The maximum Gasteiger partial charge on any atom is 0.262 e. The minimum Gasteiger partial charge on any atom is -0.352 e. The van der Waals surface area contributed by atoms with Gasteiger partial charge < -0.3 is 15.6 Å². The highest BCUT2D eigenvalue weighted by atomic mass is 79.9. The first-order valence-electron chi connectivity index (χ1n) is 4.96.